The summed E-state index contributed by atoms with van der Waals surface area (Å²) < 4.78 is 1.03. The number of benzene rings is 1. The summed E-state index contributed by atoms with van der Waals surface area (Å²) >= 11 is 3.43. The predicted octanol–water partition coefficient (Wildman–Crippen LogP) is 3.56. The molecule has 1 N–H and O–H groups in total. The van der Waals surface area contributed by atoms with Crippen LogP contribution in [0.1, 0.15) is 32.4 Å². The Labute approximate surface area is 111 Å². The van der Waals surface area contributed by atoms with Gasteiger partial charge in [-0.15, -0.1) is 0 Å². The van der Waals surface area contributed by atoms with Gasteiger partial charge in [-0.1, -0.05) is 28.1 Å². The molecule has 1 atom stereocenters. The highest BCUT2D eigenvalue weighted by atomic mass is 79.9. The lowest BCUT2D eigenvalue weighted by atomic mass is 10.1. The van der Waals surface area contributed by atoms with Crippen LogP contribution in [0.3, 0.4) is 0 Å². The monoisotopic (exact) mass is 298 g/mol. The molecule has 0 aliphatic rings. The molecule has 0 saturated carbocycles. The third-order valence-corrected chi connectivity index (χ3v) is 3.23. The molecule has 1 unspecified atom stereocenters. The van der Waals surface area contributed by atoms with E-state index >= 15 is 0 Å². The van der Waals surface area contributed by atoms with E-state index in [1.165, 1.54) is 0 Å². The molecule has 0 aliphatic heterocycles. The predicted molar refractivity (Wildman–Crippen MR) is 74.0 cm³/mol. The number of halogens is 1. The maximum absolute atomic E-state index is 11.9. The van der Waals surface area contributed by atoms with Crippen LogP contribution in [-0.2, 0) is 0 Å². The van der Waals surface area contributed by atoms with Crippen molar-refractivity contribution in [2.24, 2.45) is 0 Å². The SMILES string of the molecule is CCN(CC)C(=O)NC(C)c1cccc(Br)c1. The smallest absolute Gasteiger partial charge is 0.317 e. The fourth-order valence-corrected chi connectivity index (χ4v) is 2.06. The fraction of sp³-hybridized carbons (Fsp3) is 0.462. The second-order valence-corrected chi connectivity index (χ2v) is 4.81. The molecule has 0 fully saturated rings. The van der Waals surface area contributed by atoms with Crippen LogP contribution in [0.2, 0.25) is 0 Å². The van der Waals surface area contributed by atoms with Crippen LogP contribution in [0.15, 0.2) is 28.7 Å². The molecule has 94 valence electrons. The van der Waals surface area contributed by atoms with E-state index in [-0.39, 0.29) is 12.1 Å². The Kier molecular flexibility index (Phi) is 5.48. The molecule has 0 aromatic heterocycles. The lowest BCUT2D eigenvalue weighted by molar-refractivity contribution is 0.200. The number of nitrogens with one attached hydrogen (secondary N) is 1. The van der Waals surface area contributed by atoms with Crippen molar-refractivity contribution in [2.45, 2.75) is 26.8 Å². The Morgan fingerprint density at radius 2 is 2.06 bits per heavy atom. The molecule has 0 aliphatic carbocycles. The van der Waals surface area contributed by atoms with Crippen LogP contribution in [0, 0.1) is 0 Å². The van der Waals surface area contributed by atoms with Gasteiger partial charge in [-0.05, 0) is 38.5 Å². The van der Waals surface area contributed by atoms with E-state index in [0.29, 0.717) is 0 Å². The lowest BCUT2D eigenvalue weighted by Gasteiger charge is -2.22. The zero-order valence-electron chi connectivity index (χ0n) is 10.5. The highest BCUT2D eigenvalue weighted by Gasteiger charge is 2.13. The maximum Gasteiger partial charge on any atom is 0.317 e. The van der Waals surface area contributed by atoms with Crippen molar-refractivity contribution in [3.05, 3.63) is 34.3 Å². The molecule has 2 amide bonds. The Bertz CT molecular complexity index is 377. The second-order valence-electron chi connectivity index (χ2n) is 3.90. The minimum atomic E-state index is -0.0116. The van der Waals surface area contributed by atoms with Crippen LogP contribution in [-0.4, -0.2) is 24.0 Å². The molecule has 0 bridgehead atoms. The molecule has 0 saturated heterocycles. The zero-order valence-corrected chi connectivity index (χ0v) is 12.1. The molecule has 1 aromatic carbocycles. The average molecular weight is 299 g/mol. The normalized spacial score (nSPS) is 12.0. The number of nitrogens with zero attached hydrogens (tertiary/aromatic N) is 1. The average Bonchev–Trinajstić information content (AvgIpc) is 2.30. The first-order chi connectivity index (χ1) is 8.08. The van der Waals surface area contributed by atoms with Gasteiger partial charge in [-0.2, -0.15) is 0 Å². The van der Waals surface area contributed by atoms with E-state index in [1.807, 2.05) is 45.0 Å². The first kappa shape index (κ1) is 14.0. The number of hydrogen-bond acceptors (Lipinski definition) is 1. The third kappa shape index (κ3) is 4.04. The molecule has 3 nitrogen and oxygen atoms in total. The Morgan fingerprint density at radius 1 is 1.41 bits per heavy atom. The van der Waals surface area contributed by atoms with Gasteiger partial charge in [0.05, 0.1) is 6.04 Å². The first-order valence-electron chi connectivity index (χ1n) is 5.89. The van der Waals surface area contributed by atoms with Crippen LogP contribution < -0.4 is 5.32 Å². The fourth-order valence-electron chi connectivity index (χ4n) is 1.65. The third-order valence-electron chi connectivity index (χ3n) is 2.74. The molecule has 17 heavy (non-hydrogen) atoms. The lowest BCUT2D eigenvalue weighted by Crippen LogP contribution is -2.40. The van der Waals surface area contributed by atoms with E-state index in [9.17, 15) is 4.79 Å². The largest absolute Gasteiger partial charge is 0.331 e. The topological polar surface area (TPSA) is 32.3 Å². The summed E-state index contributed by atoms with van der Waals surface area (Å²) in [5, 5.41) is 2.99. The van der Waals surface area contributed by atoms with Crippen molar-refractivity contribution in [1.29, 1.82) is 0 Å². The van der Waals surface area contributed by atoms with Crippen molar-refractivity contribution < 1.29 is 4.79 Å². The number of hydrogen-bond donors (Lipinski definition) is 1. The Hall–Kier alpha value is -1.03. The number of urea groups is 1. The van der Waals surface area contributed by atoms with E-state index in [2.05, 4.69) is 21.2 Å². The highest BCUT2D eigenvalue weighted by molar-refractivity contribution is 9.10. The molecule has 0 heterocycles. The summed E-state index contributed by atoms with van der Waals surface area (Å²) in [7, 11) is 0. The number of carbonyl (C=O) groups excluding carboxylic acids is 1. The maximum atomic E-state index is 11.9. The molecule has 4 heteroatoms. The van der Waals surface area contributed by atoms with Gasteiger partial charge in [-0.3, -0.25) is 0 Å². The van der Waals surface area contributed by atoms with Gasteiger partial charge in [0, 0.05) is 17.6 Å². The minimum absolute atomic E-state index is 0.0116. The molecule has 1 aromatic rings. The first-order valence-corrected chi connectivity index (χ1v) is 6.68. The van der Waals surface area contributed by atoms with E-state index in [4.69, 9.17) is 0 Å². The van der Waals surface area contributed by atoms with Crippen LogP contribution in [0.5, 0.6) is 0 Å². The van der Waals surface area contributed by atoms with E-state index in [0.717, 1.165) is 23.1 Å². The number of rotatable bonds is 4. The van der Waals surface area contributed by atoms with Gasteiger partial charge in [0.15, 0.2) is 0 Å². The van der Waals surface area contributed by atoms with Crippen molar-refractivity contribution in [2.75, 3.05) is 13.1 Å². The Balaban J connectivity index is 2.66. The van der Waals surface area contributed by atoms with Gasteiger partial charge in [0.1, 0.15) is 0 Å². The molecular formula is C13H19BrN2O. The van der Waals surface area contributed by atoms with Gasteiger partial charge in [0.25, 0.3) is 0 Å². The summed E-state index contributed by atoms with van der Waals surface area (Å²) in [6, 6.07) is 7.98. The summed E-state index contributed by atoms with van der Waals surface area (Å²) in [5.41, 5.74) is 1.10. The van der Waals surface area contributed by atoms with Crippen molar-refractivity contribution in [1.82, 2.24) is 10.2 Å². The van der Waals surface area contributed by atoms with Crippen LogP contribution in [0.4, 0.5) is 4.79 Å². The molecule has 0 spiro atoms. The number of amides is 2. The number of carbonyl (C=O) groups is 1. The summed E-state index contributed by atoms with van der Waals surface area (Å²) in [6.45, 7) is 7.41. The molecule has 0 radical (unpaired) electrons. The zero-order chi connectivity index (χ0) is 12.8. The van der Waals surface area contributed by atoms with Gasteiger partial charge >= 0.3 is 6.03 Å². The van der Waals surface area contributed by atoms with Gasteiger partial charge < -0.3 is 10.2 Å². The van der Waals surface area contributed by atoms with Gasteiger partial charge in [0.2, 0.25) is 0 Å². The minimum Gasteiger partial charge on any atom is -0.331 e. The summed E-state index contributed by atoms with van der Waals surface area (Å²) in [6.07, 6.45) is 0. The van der Waals surface area contributed by atoms with Crippen LogP contribution in [0.25, 0.3) is 0 Å². The van der Waals surface area contributed by atoms with Gasteiger partial charge in [-0.25, -0.2) is 4.79 Å². The van der Waals surface area contributed by atoms with Crippen molar-refractivity contribution in [3.8, 4) is 0 Å². The van der Waals surface area contributed by atoms with E-state index < -0.39 is 0 Å². The highest BCUT2D eigenvalue weighted by Crippen LogP contribution is 2.17. The molecular weight excluding hydrogens is 280 g/mol. The molecule has 1 rings (SSSR count). The quantitative estimate of drug-likeness (QED) is 0.906. The summed E-state index contributed by atoms with van der Waals surface area (Å²) in [4.78, 5) is 13.6. The van der Waals surface area contributed by atoms with Crippen molar-refractivity contribution >= 4 is 22.0 Å². The van der Waals surface area contributed by atoms with Crippen molar-refractivity contribution in [3.63, 3.8) is 0 Å². The standard InChI is InChI=1S/C13H19BrN2O/c1-4-16(5-2)13(17)15-10(3)11-7-6-8-12(14)9-11/h6-10H,4-5H2,1-3H3,(H,15,17). The van der Waals surface area contributed by atoms with E-state index in [1.54, 1.807) is 4.90 Å². The van der Waals surface area contributed by atoms with Crippen LogP contribution >= 0.6 is 15.9 Å². The summed E-state index contributed by atoms with van der Waals surface area (Å²) in [5.74, 6) is 0. The Morgan fingerprint density at radius 3 is 2.59 bits per heavy atom. The second kappa shape index (κ2) is 6.64.